The highest BCUT2D eigenvalue weighted by Crippen LogP contribution is 2.41. The molecule has 8 heteroatoms. The van der Waals surface area contributed by atoms with E-state index in [1.807, 2.05) is 29.3 Å². The molecule has 7 nitrogen and oxygen atoms in total. The molecule has 1 atom stereocenters. The second-order valence-electron chi connectivity index (χ2n) is 10.3. The Hall–Kier alpha value is -3.42. The number of H-pyrrole nitrogens is 1. The van der Waals surface area contributed by atoms with E-state index in [2.05, 4.69) is 48.9 Å². The Morgan fingerprint density at radius 2 is 1.97 bits per heavy atom. The number of carbonyl (C=O) groups is 1. The minimum absolute atomic E-state index is 0.0488. The Bertz CT molecular complexity index is 1500. The molecular formula is C29H30ClN5O2. The molecule has 0 saturated carbocycles. The first-order valence-electron chi connectivity index (χ1n) is 12.7. The van der Waals surface area contributed by atoms with Crippen LogP contribution in [0.3, 0.4) is 0 Å². The van der Waals surface area contributed by atoms with Gasteiger partial charge in [0.1, 0.15) is 5.82 Å². The van der Waals surface area contributed by atoms with E-state index in [-0.39, 0.29) is 11.9 Å². The Labute approximate surface area is 221 Å². The van der Waals surface area contributed by atoms with Gasteiger partial charge in [-0.1, -0.05) is 29.8 Å². The summed E-state index contributed by atoms with van der Waals surface area (Å²) in [5, 5.41) is 1.62. The molecule has 190 valence electrons. The average Bonchev–Trinajstić information content (AvgIpc) is 3.37. The van der Waals surface area contributed by atoms with Gasteiger partial charge in [0, 0.05) is 51.9 Å². The number of anilines is 1. The van der Waals surface area contributed by atoms with Crippen molar-refractivity contribution in [1.29, 1.82) is 0 Å². The molecule has 2 aliphatic rings. The Balaban J connectivity index is 1.52. The van der Waals surface area contributed by atoms with Crippen LogP contribution in [0.1, 0.15) is 42.4 Å². The van der Waals surface area contributed by atoms with Crippen LogP contribution in [0.15, 0.2) is 54.7 Å². The fourth-order valence-corrected chi connectivity index (χ4v) is 5.84. The number of nitrogens with zero attached hydrogens (tertiary/aromatic N) is 4. The number of benzene rings is 2. The van der Waals surface area contributed by atoms with Gasteiger partial charge >= 0.3 is 0 Å². The van der Waals surface area contributed by atoms with Gasteiger partial charge in [-0.2, -0.15) is 0 Å². The first-order chi connectivity index (χ1) is 17.8. The molecule has 37 heavy (non-hydrogen) atoms. The van der Waals surface area contributed by atoms with E-state index in [1.54, 1.807) is 12.1 Å². The predicted octanol–water partition coefficient (Wildman–Crippen LogP) is 5.44. The van der Waals surface area contributed by atoms with Crippen molar-refractivity contribution in [3.63, 3.8) is 0 Å². The number of amides is 1. The second-order valence-corrected chi connectivity index (χ2v) is 10.8. The summed E-state index contributed by atoms with van der Waals surface area (Å²) in [5.41, 5.74) is 3.94. The largest absolute Gasteiger partial charge is 0.377 e. The molecule has 1 amide bonds. The summed E-state index contributed by atoms with van der Waals surface area (Å²) in [6.45, 7) is 8.99. The normalized spacial score (nSPS) is 19.2. The summed E-state index contributed by atoms with van der Waals surface area (Å²) >= 11 is 6.22. The van der Waals surface area contributed by atoms with Crippen LogP contribution in [0.2, 0.25) is 5.02 Å². The Kier molecular flexibility index (Phi) is 5.92. The summed E-state index contributed by atoms with van der Waals surface area (Å²) in [4.78, 5) is 31.6. The van der Waals surface area contributed by atoms with Crippen molar-refractivity contribution < 1.29 is 9.53 Å². The van der Waals surface area contributed by atoms with Crippen molar-refractivity contribution in [2.45, 2.75) is 38.8 Å². The molecule has 2 aromatic heterocycles. The van der Waals surface area contributed by atoms with Gasteiger partial charge in [0.25, 0.3) is 5.91 Å². The quantitative estimate of drug-likeness (QED) is 0.393. The maximum Gasteiger partial charge on any atom is 0.254 e. The number of ether oxygens (including phenoxy) is 1. The Morgan fingerprint density at radius 1 is 1.14 bits per heavy atom. The number of carbonyl (C=O) groups excluding carboxylic acids is 1. The van der Waals surface area contributed by atoms with Crippen molar-refractivity contribution in [2.75, 3.05) is 31.2 Å². The lowest BCUT2D eigenvalue weighted by Crippen LogP contribution is -2.52. The van der Waals surface area contributed by atoms with Gasteiger partial charge in [-0.05, 0) is 57.5 Å². The van der Waals surface area contributed by atoms with Gasteiger partial charge in [-0.15, -0.1) is 0 Å². The molecule has 0 bridgehead atoms. The lowest BCUT2D eigenvalue weighted by molar-refractivity contribution is 0.0501. The molecule has 1 N–H and O–H groups in total. The van der Waals surface area contributed by atoms with Crippen LogP contribution in [0, 0.1) is 0 Å². The van der Waals surface area contributed by atoms with Crippen LogP contribution in [-0.2, 0) is 16.7 Å². The van der Waals surface area contributed by atoms with Crippen molar-refractivity contribution in [1.82, 2.24) is 19.9 Å². The van der Waals surface area contributed by atoms with Crippen LogP contribution < -0.4 is 4.90 Å². The van der Waals surface area contributed by atoms with Gasteiger partial charge in [0.2, 0.25) is 0 Å². The lowest BCUT2D eigenvalue weighted by atomic mass is 9.86. The standard InChI is InChI=1S/C29H30ClN5O2/c1-18-17-37-15-14-34(18)27-23-11-13-35(28(36)19-6-4-7-20(30)16-19)29(2,3)25(23)32-26(33-27)22-8-5-9-24-21(22)10-12-31-24/h4-10,12,16,18,31H,11,13-15,17H2,1-3H3/t18-/m1/s1. The van der Waals surface area contributed by atoms with Gasteiger partial charge < -0.3 is 19.5 Å². The molecule has 0 spiro atoms. The zero-order valence-corrected chi connectivity index (χ0v) is 22.0. The molecule has 0 unspecified atom stereocenters. The molecule has 4 heterocycles. The number of nitrogens with one attached hydrogen (secondary N) is 1. The first kappa shape index (κ1) is 23.9. The van der Waals surface area contributed by atoms with Crippen LogP contribution in [0.25, 0.3) is 22.3 Å². The number of rotatable bonds is 3. The topological polar surface area (TPSA) is 74.3 Å². The molecule has 0 aliphatic carbocycles. The van der Waals surface area contributed by atoms with Crippen molar-refractivity contribution >= 4 is 34.2 Å². The van der Waals surface area contributed by atoms with E-state index in [0.29, 0.717) is 42.6 Å². The zero-order chi connectivity index (χ0) is 25.7. The molecule has 1 saturated heterocycles. The van der Waals surface area contributed by atoms with E-state index >= 15 is 0 Å². The molecule has 2 aromatic carbocycles. The minimum atomic E-state index is -0.652. The summed E-state index contributed by atoms with van der Waals surface area (Å²) in [5.74, 6) is 1.57. The highest BCUT2D eigenvalue weighted by atomic mass is 35.5. The van der Waals surface area contributed by atoms with Gasteiger partial charge in [0.05, 0.1) is 30.5 Å². The molecule has 0 radical (unpaired) electrons. The van der Waals surface area contributed by atoms with Gasteiger partial charge in [0.15, 0.2) is 5.82 Å². The minimum Gasteiger partial charge on any atom is -0.377 e. The van der Waals surface area contributed by atoms with Crippen molar-refractivity contribution in [3.05, 3.63) is 76.6 Å². The lowest BCUT2D eigenvalue weighted by Gasteiger charge is -2.45. The highest BCUT2D eigenvalue weighted by Gasteiger charge is 2.42. The number of hydrogen-bond donors (Lipinski definition) is 1. The number of morpholine rings is 1. The average molecular weight is 516 g/mol. The van der Waals surface area contributed by atoms with Crippen molar-refractivity contribution in [2.24, 2.45) is 0 Å². The number of aromatic nitrogens is 3. The third-order valence-electron chi connectivity index (χ3n) is 7.62. The summed E-state index contributed by atoms with van der Waals surface area (Å²) in [6.07, 6.45) is 2.62. The number of halogens is 1. The van der Waals surface area contributed by atoms with E-state index in [4.69, 9.17) is 26.3 Å². The maximum atomic E-state index is 13.7. The monoisotopic (exact) mass is 515 g/mol. The third-order valence-corrected chi connectivity index (χ3v) is 7.85. The van der Waals surface area contributed by atoms with E-state index in [1.165, 1.54) is 0 Å². The van der Waals surface area contributed by atoms with Crippen LogP contribution in [0.5, 0.6) is 0 Å². The fourth-order valence-electron chi connectivity index (χ4n) is 5.65. The highest BCUT2D eigenvalue weighted by molar-refractivity contribution is 6.31. The number of fused-ring (bicyclic) bond motifs is 2. The van der Waals surface area contributed by atoms with Crippen LogP contribution in [-0.4, -0.2) is 58.1 Å². The predicted molar refractivity (Wildman–Crippen MR) is 146 cm³/mol. The first-order valence-corrected chi connectivity index (χ1v) is 13.1. The Morgan fingerprint density at radius 3 is 2.78 bits per heavy atom. The fraction of sp³-hybridized carbons (Fsp3) is 0.345. The van der Waals surface area contributed by atoms with E-state index < -0.39 is 5.54 Å². The van der Waals surface area contributed by atoms with Gasteiger partial charge in [-0.25, -0.2) is 9.97 Å². The summed E-state index contributed by atoms with van der Waals surface area (Å²) < 4.78 is 5.73. The molecule has 2 aliphatic heterocycles. The molecule has 6 rings (SSSR count). The smallest absolute Gasteiger partial charge is 0.254 e. The SMILES string of the molecule is C[C@@H]1COCCN1c1nc(-c2cccc3[nH]ccc23)nc2c1CCN(C(=O)c1cccc(Cl)c1)C2(C)C. The summed E-state index contributed by atoms with van der Waals surface area (Å²) in [6, 6.07) is 15.5. The molecule has 4 aromatic rings. The van der Waals surface area contributed by atoms with E-state index in [0.717, 1.165) is 40.1 Å². The number of aromatic amines is 1. The van der Waals surface area contributed by atoms with Crippen molar-refractivity contribution in [3.8, 4) is 11.4 Å². The zero-order valence-electron chi connectivity index (χ0n) is 21.3. The van der Waals surface area contributed by atoms with E-state index in [9.17, 15) is 4.79 Å². The van der Waals surface area contributed by atoms with Crippen LogP contribution in [0.4, 0.5) is 5.82 Å². The molecule has 1 fully saturated rings. The second kappa shape index (κ2) is 9.15. The third kappa shape index (κ3) is 4.06. The molecular weight excluding hydrogens is 486 g/mol. The van der Waals surface area contributed by atoms with Crippen LogP contribution >= 0.6 is 11.6 Å². The van der Waals surface area contributed by atoms with Gasteiger partial charge in [-0.3, -0.25) is 4.79 Å². The number of hydrogen-bond acceptors (Lipinski definition) is 5. The summed E-state index contributed by atoms with van der Waals surface area (Å²) in [7, 11) is 0. The maximum absolute atomic E-state index is 13.7.